The molecule has 0 aromatic heterocycles. The summed E-state index contributed by atoms with van der Waals surface area (Å²) in [6, 6.07) is 7.55. The van der Waals surface area contributed by atoms with Crippen molar-refractivity contribution in [2.24, 2.45) is 5.41 Å². The highest BCUT2D eigenvalue weighted by molar-refractivity contribution is 5.75. The second-order valence-corrected chi connectivity index (χ2v) is 6.85. The van der Waals surface area contributed by atoms with Crippen LogP contribution in [0.15, 0.2) is 24.3 Å². The van der Waals surface area contributed by atoms with Crippen molar-refractivity contribution in [3.8, 4) is 0 Å². The van der Waals surface area contributed by atoms with Crippen molar-refractivity contribution in [3.63, 3.8) is 0 Å². The van der Waals surface area contributed by atoms with Gasteiger partial charge in [-0.15, -0.1) is 0 Å². The number of carboxylic acids is 1. The van der Waals surface area contributed by atoms with Gasteiger partial charge in [0.25, 0.3) is 0 Å². The lowest BCUT2D eigenvalue weighted by molar-refractivity contribution is -0.138. The van der Waals surface area contributed by atoms with Crippen molar-refractivity contribution in [3.05, 3.63) is 35.4 Å². The molecule has 0 aliphatic carbocycles. The molecule has 0 fully saturated rings. The molecule has 0 spiro atoms. The van der Waals surface area contributed by atoms with Crippen molar-refractivity contribution >= 4 is 5.97 Å². The van der Waals surface area contributed by atoms with Gasteiger partial charge in [-0.05, 0) is 29.9 Å². The summed E-state index contributed by atoms with van der Waals surface area (Å²) in [5.74, 6) is -1.30. The van der Waals surface area contributed by atoms with Gasteiger partial charge in [0.05, 0.1) is 12.0 Å². The molecule has 0 saturated carbocycles. The molecule has 4 nitrogen and oxygen atoms in total. The summed E-state index contributed by atoms with van der Waals surface area (Å²) in [7, 11) is 0. The van der Waals surface area contributed by atoms with E-state index in [0.717, 1.165) is 17.5 Å². The van der Waals surface area contributed by atoms with E-state index in [0.29, 0.717) is 13.1 Å². The highest BCUT2D eigenvalue weighted by Crippen LogP contribution is 2.20. The molecular weight excluding hydrogens is 266 g/mol. The number of aliphatic hydroxyl groups excluding tert-OH is 1. The average molecular weight is 293 g/mol. The molecule has 0 saturated heterocycles. The molecule has 1 aromatic rings. The minimum Gasteiger partial charge on any atom is -0.481 e. The third kappa shape index (κ3) is 6.74. The Bertz CT molecular complexity index is 448. The van der Waals surface area contributed by atoms with Crippen LogP contribution in [0.2, 0.25) is 0 Å². The van der Waals surface area contributed by atoms with Crippen molar-refractivity contribution in [2.75, 3.05) is 6.54 Å². The monoisotopic (exact) mass is 293 g/mol. The number of rotatable bonds is 7. The van der Waals surface area contributed by atoms with Crippen molar-refractivity contribution in [2.45, 2.75) is 52.7 Å². The van der Waals surface area contributed by atoms with Gasteiger partial charge in [-0.25, -0.2) is 0 Å². The number of carboxylic acid groups (broad SMARTS) is 1. The fourth-order valence-corrected chi connectivity index (χ4v) is 2.23. The Balaban J connectivity index is 2.41. The predicted molar refractivity (Wildman–Crippen MR) is 84.3 cm³/mol. The Morgan fingerprint density at radius 1 is 1.24 bits per heavy atom. The minimum absolute atomic E-state index is 0.121. The van der Waals surface area contributed by atoms with Crippen LogP contribution in [-0.2, 0) is 11.3 Å². The Morgan fingerprint density at radius 2 is 1.81 bits per heavy atom. The first kappa shape index (κ1) is 17.7. The molecule has 4 heteroatoms. The lowest BCUT2D eigenvalue weighted by atomic mass is 9.89. The Hall–Kier alpha value is -1.39. The van der Waals surface area contributed by atoms with E-state index in [1.165, 1.54) is 0 Å². The maximum Gasteiger partial charge on any atom is 0.310 e. The molecule has 2 atom stereocenters. The molecule has 118 valence electrons. The van der Waals surface area contributed by atoms with Gasteiger partial charge in [-0.2, -0.15) is 0 Å². The Morgan fingerprint density at radius 3 is 2.29 bits per heavy atom. The van der Waals surface area contributed by atoms with E-state index >= 15 is 0 Å². The fourth-order valence-electron chi connectivity index (χ4n) is 2.23. The maximum atomic E-state index is 10.9. The summed E-state index contributed by atoms with van der Waals surface area (Å²) in [6.07, 6.45) is 0.408. The summed E-state index contributed by atoms with van der Waals surface area (Å²) in [5, 5.41) is 22.1. The predicted octanol–water partition coefficient (Wildman–Crippen LogP) is 2.76. The van der Waals surface area contributed by atoms with Gasteiger partial charge in [0.1, 0.15) is 0 Å². The molecule has 0 amide bonds. The summed E-state index contributed by atoms with van der Waals surface area (Å²) in [4.78, 5) is 10.9. The van der Waals surface area contributed by atoms with Crippen LogP contribution in [0.25, 0.3) is 0 Å². The van der Waals surface area contributed by atoms with Crippen LogP contribution in [0.4, 0.5) is 0 Å². The van der Waals surface area contributed by atoms with Crippen LogP contribution in [0, 0.1) is 5.41 Å². The number of nitrogens with one attached hydrogen (secondary N) is 1. The topological polar surface area (TPSA) is 69.6 Å². The van der Waals surface area contributed by atoms with Crippen LogP contribution in [0.1, 0.15) is 51.2 Å². The number of carbonyl (C=O) groups is 1. The van der Waals surface area contributed by atoms with Gasteiger partial charge < -0.3 is 15.5 Å². The van der Waals surface area contributed by atoms with E-state index in [1.807, 2.05) is 24.3 Å². The molecule has 0 radical (unpaired) electrons. The van der Waals surface area contributed by atoms with Crippen molar-refractivity contribution in [1.82, 2.24) is 5.32 Å². The number of hydrogen-bond acceptors (Lipinski definition) is 3. The van der Waals surface area contributed by atoms with Gasteiger partial charge >= 0.3 is 5.97 Å². The molecule has 1 aromatic carbocycles. The van der Waals surface area contributed by atoms with Crippen LogP contribution < -0.4 is 5.32 Å². The molecule has 0 bridgehead atoms. The maximum absolute atomic E-state index is 10.9. The Labute approximate surface area is 127 Å². The van der Waals surface area contributed by atoms with Gasteiger partial charge in [0.15, 0.2) is 0 Å². The van der Waals surface area contributed by atoms with Crippen molar-refractivity contribution < 1.29 is 15.0 Å². The number of hydrogen-bond donors (Lipinski definition) is 3. The summed E-state index contributed by atoms with van der Waals surface area (Å²) < 4.78 is 0. The molecule has 21 heavy (non-hydrogen) atoms. The first-order chi connectivity index (χ1) is 9.69. The summed E-state index contributed by atoms with van der Waals surface area (Å²) in [6.45, 7) is 9.24. The van der Waals surface area contributed by atoms with E-state index in [2.05, 4.69) is 26.1 Å². The number of aliphatic carboxylic acids is 1. The van der Waals surface area contributed by atoms with Crippen LogP contribution in [0.3, 0.4) is 0 Å². The Kier molecular flexibility index (Phi) is 6.37. The zero-order chi connectivity index (χ0) is 16.0. The molecule has 2 unspecified atom stereocenters. The largest absolute Gasteiger partial charge is 0.481 e. The second-order valence-electron chi connectivity index (χ2n) is 6.85. The van der Waals surface area contributed by atoms with E-state index < -0.39 is 11.9 Å². The van der Waals surface area contributed by atoms with Crippen molar-refractivity contribution in [1.29, 1.82) is 0 Å². The third-order valence-corrected chi connectivity index (χ3v) is 3.41. The zero-order valence-corrected chi connectivity index (χ0v) is 13.4. The summed E-state index contributed by atoms with van der Waals surface area (Å²) >= 11 is 0. The quantitative estimate of drug-likeness (QED) is 0.723. The van der Waals surface area contributed by atoms with E-state index in [9.17, 15) is 9.90 Å². The first-order valence-electron chi connectivity index (χ1n) is 7.39. The highest BCUT2D eigenvalue weighted by atomic mass is 16.4. The molecule has 3 N–H and O–H groups in total. The highest BCUT2D eigenvalue weighted by Gasteiger charge is 2.16. The summed E-state index contributed by atoms with van der Waals surface area (Å²) in [5.41, 5.74) is 2.01. The molecule has 0 aliphatic heterocycles. The average Bonchev–Trinajstić information content (AvgIpc) is 2.36. The van der Waals surface area contributed by atoms with Gasteiger partial charge in [0, 0.05) is 13.1 Å². The molecule has 0 heterocycles. The SMILES string of the molecule is CC(C(=O)O)c1ccc(CNCC(O)CC(C)(C)C)cc1. The molecule has 1 rings (SSSR count). The molecular formula is C17H27NO3. The number of benzene rings is 1. The smallest absolute Gasteiger partial charge is 0.310 e. The van der Waals surface area contributed by atoms with E-state index in [-0.39, 0.29) is 11.5 Å². The lowest BCUT2D eigenvalue weighted by Gasteiger charge is -2.22. The van der Waals surface area contributed by atoms with Gasteiger partial charge in [-0.1, -0.05) is 45.0 Å². The van der Waals surface area contributed by atoms with Gasteiger partial charge in [0.2, 0.25) is 0 Å². The second kappa shape index (κ2) is 7.57. The minimum atomic E-state index is -0.814. The van der Waals surface area contributed by atoms with E-state index in [1.54, 1.807) is 6.92 Å². The molecule has 0 aliphatic rings. The normalized spacial score (nSPS) is 14.7. The van der Waals surface area contributed by atoms with Crippen LogP contribution in [0.5, 0.6) is 0 Å². The fraction of sp³-hybridized carbons (Fsp3) is 0.588. The van der Waals surface area contributed by atoms with E-state index in [4.69, 9.17) is 5.11 Å². The first-order valence-corrected chi connectivity index (χ1v) is 7.39. The van der Waals surface area contributed by atoms with Crippen LogP contribution in [-0.4, -0.2) is 28.8 Å². The van der Waals surface area contributed by atoms with Crippen LogP contribution >= 0.6 is 0 Å². The van der Waals surface area contributed by atoms with Gasteiger partial charge in [-0.3, -0.25) is 4.79 Å². The standard InChI is InChI=1S/C17H27NO3/c1-12(16(20)21)14-7-5-13(6-8-14)10-18-11-15(19)9-17(2,3)4/h5-8,12,15,18-19H,9-11H2,1-4H3,(H,20,21). The third-order valence-electron chi connectivity index (χ3n) is 3.41. The lowest BCUT2D eigenvalue weighted by Crippen LogP contribution is -2.29. The number of aliphatic hydroxyl groups is 1. The zero-order valence-electron chi connectivity index (χ0n) is 13.4.